The molecule has 0 atom stereocenters. The molecule has 0 aliphatic heterocycles. The summed E-state index contributed by atoms with van der Waals surface area (Å²) in [5.41, 5.74) is 7.03. The van der Waals surface area contributed by atoms with Crippen molar-refractivity contribution in [2.45, 2.75) is 0 Å². The second-order valence-electron chi connectivity index (χ2n) is 3.55. The predicted molar refractivity (Wildman–Crippen MR) is 70.7 cm³/mol. The van der Waals surface area contributed by atoms with Gasteiger partial charge in [0.15, 0.2) is 5.78 Å². The number of hydrogen-bond acceptors (Lipinski definition) is 2. The third-order valence-electron chi connectivity index (χ3n) is 2.37. The molecule has 0 aromatic heterocycles. The summed E-state index contributed by atoms with van der Waals surface area (Å²) in [6.07, 6.45) is 0. The van der Waals surface area contributed by atoms with Crippen molar-refractivity contribution in [3.63, 3.8) is 0 Å². The van der Waals surface area contributed by atoms with E-state index in [0.29, 0.717) is 26.9 Å². The number of nitrogen functional groups attached to an aromatic ring is 1. The van der Waals surface area contributed by atoms with Crippen molar-refractivity contribution >= 4 is 34.7 Å². The molecule has 2 aromatic rings. The molecule has 0 aliphatic rings. The molecule has 2 rings (SSSR count). The van der Waals surface area contributed by atoms with E-state index in [2.05, 4.69) is 0 Å². The Hall–Kier alpha value is -1.51. The Balaban J connectivity index is 2.48. The lowest BCUT2D eigenvalue weighted by Gasteiger charge is -2.06. The van der Waals surface area contributed by atoms with E-state index >= 15 is 0 Å². The van der Waals surface area contributed by atoms with Gasteiger partial charge in [-0.3, -0.25) is 4.79 Å². The van der Waals surface area contributed by atoms with Crippen LogP contribution in [0, 0.1) is 0 Å². The van der Waals surface area contributed by atoms with Crippen molar-refractivity contribution in [3.8, 4) is 0 Å². The number of halogens is 2. The topological polar surface area (TPSA) is 43.1 Å². The highest BCUT2D eigenvalue weighted by Crippen LogP contribution is 2.28. The lowest BCUT2D eigenvalue weighted by molar-refractivity contribution is 0.103. The van der Waals surface area contributed by atoms with Crippen LogP contribution in [0.25, 0.3) is 0 Å². The molecule has 86 valence electrons. The standard InChI is InChI=1S/C13H9Cl2NO/c14-10-6-9(12(16)7-11(10)15)13(17)8-4-2-1-3-5-8/h1-7H,16H2. The van der Waals surface area contributed by atoms with E-state index in [4.69, 9.17) is 28.9 Å². The molecule has 0 amide bonds. The van der Waals surface area contributed by atoms with E-state index in [1.54, 1.807) is 24.3 Å². The molecule has 2 nitrogen and oxygen atoms in total. The van der Waals surface area contributed by atoms with Gasteiger partial charge in [0.2, 0.25) is 0 Å². The minimum Gasteiger partial charge on any atom is -0.398 e. The van der Waals surface area contributed by atoms with E-state index in [9.17, 15) is 4.79 Å². The lowest BCUT2D eigenvalue weighted by atomic mass is 10.0. The van der Waals surface area contributed by atoms with Crippen LogP contribution in [0.15, 0.2) is 42.5 Å². The van der Waals surface area contributed by atoms with E-state index in [0.717, 1.165) is 0 Å². The molecule has 0 radical (unpaired) electrons. The second kappa shape index (κ2) is 4.78. The maximum atomic E-state index is 12.1. The Kier molecular flexibility index (Phi) is 3.36. The molecule has 0 aliphatic carbocycles. The predicted octanol–water partition coefficient (Wildman–Crippen LogP) is 3.81. The first-order chi connectivity index (χ1) is 8.09. The molecule has 0 bridgehead atoms. The molecule has 0 fully saturated rings. The first-order valence-electron chi connectivity index (χ1n) is 4.94. The van der Waals surface area contributed by atoms with Crippen LogP contribution in [0.4, 0.5) is 5.69 Å². The smallest absolute Gasteiger partial charge is 0.195 e. The average molecular weight is 266 g/mol. The van der Waals surface area contributed by atoms with Crippen LogP contribution in [0.3, 0.4) is 0 Å². The van der Waals surface area contributed by atoms with E-state index < -0.39 is 0 Å². The van der Waals surface area contributed by atoms with E-state index in [-0.39, 0.29) is 5.78 Å². The van der Waals surface area contributed by atoms with Gasteiger partial charge < -0.3 is 5.73 Å². The van der Waals surface area contributed by atoms with Crippen molar-refractivity contribution in [1.82, 2.24) is 0 Å². The van der Waals surface area contributed by atoms with Gasteiger partial charge in [0.1, 0.15) is 0 Å². The van der Waals surface area contributed by atoms with Crippen LogP contribution in [-0.4, -0.2) is 5.78 Å². The molecule has 4 heteroatoms. The molecule has 17 heavy (non-hydrogen) atoms. The number of carbonyl (C=O) groups is 1. The third kappa shape index (κ3) is 2.43. The average Bonchev–Trinajstić information content (AvgIpc) is 2.34. The summed E-state index contributed by atoms with van der Waals surface area (Å²) < 4.78 is 0. The summed E-state index contributed by atoms with van der Waals surface area (Å²) >= 11 is 11.7. The van der Waals surface area contributed by atoms with Crippen molar-refractivity contribution < 1.29 is 4.79 Å². The molecule has 2 N–H and O–H groups in total. The summed E-state index contributed by atoms with van der Waals surface area (Å²) in [7, 11) is 0. The highest BCUT2D eigenvalue weighted by molar-refractivity contribution is 6.42. The molecular weight excluding hydrogens is 257 g/mol. The van der Waals surface area contributed by atoms with Gasteiger partial charge in [0, 0.05) is 16.8 Å². The summed E-state index contributed by atoms with van der Waals surface area (Å²) in [5.74, 6) is -0.165. The van der Waals surface area contributed by atoms with E-state index in [1.165, 1.54) is 12.1 Å². The van der Waals surface area contributed by atoms with Gasteiger partial charge in [-0.25, -0.2) is 0 Å². The van der Waals surface area contributed by atoms with E-state index in [1.807, 2.05) is 6.07 Å². The molecule has 0 saturated heterocycles. The maximum Gasteiger partial charge on any atom is 0.195 e. The van der Waals surface area contributed by atoms with Crippen LogP contribution in [-0.2, 0) is 0 Å². The molecule has 0 heterocycles. The van der Waals surface area contributed by atoms with Crippen LogP contribution in [0.5, 0.6) is 0 Å². The second-order valence-corrected chi connectivity index (χ2v) is 4.36. The van der Waals surface area contributed by atoms with Crippen molar-refractivity contribution in [1.29, 1.82) is 0 Å². The molecule has 0 saturated carbocycles. The Morgan fingerprint density at radius 1 is 1.00 bits per heavy atom. The SMILES string of the molecule is Nc1cc(Cl)c(Cl)cc1C(=O)c1ccccc1. The number of hydrogen-bond donors (Lipinski definition) is 1. The van der Waals surface area contributed by atoms with Gasteiger partial charge in [-0.05, 0) is 12.1 Å². The normalized spacial score (nSPS) is 10.2. The van der Waals surface area contributed by atoms with Crippen LogP contribution >= 0.6 is 23.2 Å². The minimum atomic E-state index is -0.165. The molecule has 2 aromatic carbocycles. The molecule has 0 spiro atoms. The van der Waals surface area contributed by atoms with Gasteiger partial charge in [0.25, 0.3) is 0 Å². The van der Waals surface area contributed by atoms with Crippen molar-refractivity contribution in [2.24, 2.45) is 0 Å². The van der Waals surface area contributed by atoms with Gasteiger partial charge in [-0.2, -0.15) is 0 Å². The minimum absolute atomic E-state index is 0.165. The fourth-order valence-electron chi connectivity index (χ4n) is 1.50. The summed E-state index contributed by atoms with van der Waals surface area (Å²) in [6, 6.07) is 11.9. The Morgan fingerprint density at radius 3 is 2.24 bits per heavy atom. The number of carbonyl (C=O) groups excluding carboxylic acids is 1. The first kappa shape index (κ1) is 12.0. The number of rotatable bonds is 2. The number of benzene rings is 2. The highest BCUT2D eigenvalue weighted by Gasteiger charge is 2.14. The van der Waals surface area contributed by atoms with Gasteiger partial charge in [-0.1, -0.05) is 53.5 Å². The summed E-state index contributed by atoms with van der Waals surface area (Å²) in [4.78, 5) is 12.1. The quantitative estimate of drug-likeness (QED) is 0.663. The summed E-state index contributed by atoms with van der Waals surface area (Å²) in [6.45, 7) is 0. The number of anilines is 1. The number of nitrogens with two attached hydrogens (primary N) is 1. The maximum absolute atomic E-state index is 12.1. The van der Waals surface area contributed by atoms with Crippen LogP contribution in [0.1, 0.15) is 15.9 Å². The van der Waals surface area contributed by atoms with Crippen LogP contribution < -0.4 is 5.73 Å². The summed E-state index contributed by atoms with van der Waals surface area (Å²) in [5, 5.41) is 0.661. The Morgan fingerprint density at radius 2 is 1.59 bits per heavy atom. The zero-order chi connectivity index (χ0) is 12.4. The molecule has 0 unspecified atom stereocenters. The van der Waals surface area contributed by atoms with Crippen LogP contribution in [0.2, 0.25) is 10.0 Å². The Bertz CT molecular complexity index is 567. The van der Waals surface area contributed by atoms with Gasteiger partial charge >= 0.3 is 0 Å². The first-order valence-corrected chi connectivity index (χ1v) is 5.69. The lowest BCUT2D eigenvalue weighted by Crippen LogP contribution is -2.05. The number of ketones is 1. The Labute approximate surface area is 109 Å². The largest absolute Gasteiger partial charge is 0.398 e. The van der Waals surface area contributed by atoms with Gasteiger partial charge in [0.05, 0.1) is 10.0 Å². The fourth-order valence-corrected chi connectivity index (χ4v) is 1.84. The van der Waals surface area contributed by atoms with Crippen molar-refractivity contribution in [2.75, 3.05) is 5.73 Å². The van der Waals surface area contributed by atoms with Crippen molar-refractivity contribution in [3.05, 3.63) is 63.6 Å². The molecular formula is C13H9Cl2NO. The monoisotopic (exact) mass is 265 g/mol. The zero-order valence-corrected chi connectivity index (χ0v) is 10.3. The highest BCUT2D eigenvalue weighted by atomic mass is 35.5. The fraction of sp³-hybridized carbons (Fsp3) is 0. The third-order valence-corrected chi connectivity index (χ3v) is 3.10. The van der Waals surface area contributed by atoms with Gasteiger partial charge in [-0.15, -0.1) is 0 Å². The zero-order valence-electron chi connectivity index (χ0n) is 8.78.